The van der Waals surface area contributed by atoms with Crippen LogP contribution in [0.5, 0.6) is 0 Å². The molecule has 0 aliphatic carbocycles. The minimum absolute atomic E-state index is 0.180. The van der Waals surface area contributed by atoms with Gasteiger partial charge in [-0.3, -0.25) is 14.4 Å². The van der Waals surface area contributed by atoms with Crippen molar-refractivity contribution in [1.29, 1.82) is 0 Å². The Morgan fingerprint density at radius 3 is 2.70 bits per heavy atom. The molecule has 1 unspecified atom stereocenters. The van der Waals surface area contributed by atoms with E-state index in [2.05, 4.69) is 10.6 Å². The van der Waals surface area contributed by atoms with Crippen LogP contribution in [0.15, 0.2) is 53.1 Å². The van der Waals surface area contributed by atoms with Crippen LogP contribution in [0.4, 0.5) is 0 Å². The van der Waals surface area contributed by atoms with E-state index in [1.807, 2.05) is 41.8 Å². The highest BCUT2D eigenvalue weighted by Crippen LogP contribution is 2.32. The van der Waals surface area contributed by atoms with Crippen LogP contribution >= 0.6 is 0 Å². The Morgan fingerprint density at radius 2 is 1.97 bits per heavy atom. The average molecular weight is 408 g/mol. The minimum atomic E-state index is -1.11. The lowest BCUT2D eigenvalue weighted by Gasteiger charge is -2.43. The Morgan fingerprint density at radius 1 is 1.17 bits per heavy atom. The van der Waals surface area contributed by atoms with Crippen LogP contribution in [0.3, 0.4) is 0 Å². The van der Waals surface area contributed by atoms with Crippen molar-refractivity contribution in [2.75, 3.05) is 13.1 Å². The number of carbonyl (C=O) groups is 3. The molecule has 0 radical (unpaired) electrons. The first kappa shape index (κ1) is 19.8. The molecule has 3 aromatic rings. The molecule has 0 saturated carbocycles. The Labute approximate surface area is 173 Å². The van der Waals surface area contributed by atoms with Crippen LogP contribution in [0, 0.1) is 0 Å². The molecule has 156 valence electrons. The molecule has 1 atom stereocenters. The van der Waals surface area contributed by atoms with Gasteiger partial charge in [-0.05, 0) is 38.1 Å². The van der Waals surface area contributed by atoms with E-state index in [0.29, 0.717) is 24.5 Å². The van der Waals surface area contributed by atoms with Gasteiger partial charge in [0.1, 0.15) is 17.0 Å². The van der Waals surface area contributed by atoms with Gasteiger partial charge in [0, 0.05) is 17.4 Å². The van der Waals surface area contributed by atoms with Crippen molar-refractivity contribution in [3.63, 3.8) is 0 Å². The lowest BCUT2D eigenvalue weighted by Crippen LogP contribution is -2.64. The van der Waals surface area contributed by atoms with Crippen molar-refractivity contribution in [3.8, 4) is 0 Å². The molecule has 8 nitrogen and oxygen atoms in total. The molecule has 0 fully saturated rings. The smallest absolute Gasteiger partial charge is 0.271 e. The summed E-state index contributed by atoms with van der Waals surface area (Å²) in [6.07, 6.45) is 1.53. The van der Waals surface area contributed by atoms with Gasteiger partial charge < -0.3 is 24.5 Å². The van der Waals surface area contributed by atoms with Crippen molar-refractivity contribution < 1.29 is 18.8 Å². The monoisotopic (exact) mass is 408 g/mol. The Balaban J connectivity index is 1.50. The minimum Gasteiger partial charge on any atom is -0.467 e. The van der Waals surface area contributed by atoms with E-state index in [4.69, 9.17) is 4.42 Å². The predicted octanol–water partition coefficient (Wildman–Crippen LogP) is 1.90. The molecule has 3 heterocycles. The van der Waals surface area contributed by atoms with E-state index in [-0.39, 0.29) is 30.8 Å². The summed E-state index contributed by atoms with van der Waals surface area (Å²) in [7, 11) is 0. The lowest BCUT2D eigenvalue weighted by atomic mass is 9.95. The van der Waals surface area contributed by atoms with Gasteiger partial charge in [0.05, 0.1) is 25.9 Å². The topological polar surface area (TPSA) is 96.6 Å². The maximum absolute atomic E-state index is 13.1. The highest BCUT2D eigenvalue weighted by molar-refractivity contribution is 6.04. The van der Waals surface area contributed by atoms with E-state index >= 15 is 0 Å². The maximum Gasteiger partial charge on any atom is 0.271 e. The van der Waals surface area contributed by atoms with Gasteiger partial charge in [-0.25, -0.2) is 0 Å². The van der Waals surface area contributed by atoms with Crippen LogP contribution in [-0.2, 0) is 22.7 Å². The number of aromatic nitrogens is 1. The fourth-order valence-electron chi connectivity index (χ4n) is 4.01. The molecule has 1 aliphatic rings. The second kappa shape index (κ2) is 7.70. The third kappa shape index (κ3) is 3.34. The molecular formula is C22H24N4O4. The number of likely N-dealkylation sites (N-methyl/N-ethyl adjacent to an activating group) is 1. The Hall–Kier alpha value is -3.55. The maximum atomic E-state index is 13.1. The molecule has 0 saturated heterocycles. The number of amides is 3. The summed E-state index contributed by atoms with van der Waals surface area (Å²) in [4.78, 5) is 40.0. The molecule has 1 aromatic carbocycles. The standard InChI is InChI=1S/C22H24N4O4/c1-3-26-20(28)18-11-15-7-4-5-9-17(15)25(18)14-22(26,2)21(29)24-13-19(27)23-12-16-8-6-10-30-16/h4-11H,3,12-14H2,1-2H3,(H,23,27)(H,24,29). The molecule has 2 N–H and O–H groups in total. The molecule has 3 amide bonds. The number of nitrogens with one attached hydrogen (secondary N) is 2. The van der Waals surface area contributed by atoms with Crippen LogP contribution in [-0.4, -0.2) is 45.8 Å². The number of furan rings is 1. The quantitative estimate of drug-likeness (QED) is 0.651. The molecular weight excluding hydrogens is 384 g/mol. The summed E-state index contributed by atoms with van der Waals surface area (Å²) in [5.74, 6) is -0.265. The van der Waals surface area contributed by atoms with E-state index in [0.717, 1.165) is 10.9 Å². The molecule has 0 bridgehead atoms. The highest BCUT2D eigenvalue weighted by Gasteiger charge is 2.46. The SMILES string of the molecule is CCN1C(=O)c2cc3ccccc3n2CC1(C)C(=O)NCC(=O)NCc1ccco1. The van der Waals surface area contributed by atoms with E-state index in [9.17, 15) is 14.4 Å². The van der Waals surface area contributed by atoms with Crippen molar-refractivity contribution in [3.05, 3.63) is 60.2 Å². The van der Waals surface area contributed by atoms with Gasteiger partial charge >= 0.3 is 0 Å². The number of fused-ring (bicyclic) bond motifs is 3. The molecule has 2 aromatic heterocycles. The zero-order valence-corrected chi connectivity index (χ0v) is 17.0. The number of benzene rings is 1. The number of hydrogen-bond acceptors (Lipinski definition) is 4. The number of carbonyl (C=O) groups excluding carboxylic acids is 3. The van der Waals surface area contributed by atoms with Gasteiger partial charge in [0.25, 0.3) is 5.91 Å². The van der Waals surface area contributed by atoms with Crippen molar-refractivity contribution in [2.45, 2.75) is 32.5 Å². The summed E-state index contributed by atoms with van der Waals surface area (Å²) >= 11 is 0. The number of nitrogens with zero attached hydrogens (tertiary/aromatic N) is 2. The summed E-state index contributed by atoms with van der Waals surface area (Å²) in [5.41, 5.74) is 0.369. The Kier molecular flexibility index (Phi) is 5.07. The van der Waals surface area contributed by atoms with Gasteiger partial charge in [0.15, 0.2) is 0 Å². The Bertz CT molecular complexity index is 1100. The third-order valence-corrected chi connectivity index (χ3v) is 5.59. The van der Waals surface area contributed by atoms with Crippen LogP contribution < -0.4 is 10.6 Å². The normalized spacial score (nSPS) is 18.3. The van der Waals surface area contributed by atoms with E-state index < -0.39 is 5.54 Å². The van der Waals surface area contributed by atoms with Crippen LogP contribution in [0.1, 0.15) is 30.1 Å². The largest absolute Gasteiger partial charge is 0.467 e. The zero-order chi connectivity index (χ0) is 21.3. The first-order chi connectivity index (χ1) is 14.4. The summed E-state index contributed by atoms with van der Waals surface area (Å²) in [6, 6.07) is 13.1. The van der Waals surface area contributed by atoms with Crippen molar-refractivity contribution >= 4 is 28.6 Å². The lowest BCUT2D eigenvalue weighted by molar-refractivity contribution is -0.134. The van der Waals surface area contributed by atoms with Gasteiger partial charge in [-0.15, -0.1) is 0 Å². The second-order valence-corrected chi connectivity index (χ2v) is 7.54. The summed E-state index contributed by atoms with van der Waals surface area (Å²) < 4.78 is 7.06. The predicted molar refractivity (Wildman–Crippen MR) is 111 cm³/mol. The average Bonchev–Trinajstić information content (AvgIpc) is 3.39. The number of hydrogen-bond donors (Lipinski definition) is 2. The second-order valence-electron chi connectivity index (χ2n) is 7.54. The fraction of sp³-hybridized carbons (Fsp3) is 0.318. The van der Waals surface area contributed by atoms with Gasteiger partial charge in [0.2, 0.25) is 11.8 Å². The van der Waals surface area contributed by atoms with Gasteiger partial charge in [-0.2, -0.15) is 0 Å². The molecule has 30 heavy (non-hydrogen) atoms. The summed E-state index contributed by atoms with van der Waals surface area (Å²) in [5, 5.41) is 6.34. The van der Waals surface area contributed by atoms with Crippen LogP contribution in [0.2, 0.25) is 0 Å². The van der Waals surface area contributed by atoms with Crippen molar-refractivity contribution in [2.24, 2.45) is 0 Å². The first-order valence-corrected chi connectivity index (χ1v) is 9.91. The fourth-order valence-corrected chi connectivity index (χ4v) is 4.01. The van der Waals surface area contributed by atoms with Crippen LogP contribution in [0.25, 0.3) is 10.9 Å². The first-order valence-electron chi connectivity index (χ1n) is 9.91. The van der Waals surface area contributed by atoms with E-state index in [1.54, 1.807) is 24.0 Å². The van der Waals surface area contributed by atoms with E-state index in [1.165, 1.54) is 6.26 Å². The molecule has 1 aliphatic heterocycles. The molecule has 0 spiro atoms. The van der Waals surface area contributed by atoms with Gasteiger partial charge in [-0.1, -0.05) is 18.2 Å². The van der Waals surface area contributed by atoms with Crippen molar-refractivity contribution in [1.82, 2.24) is 20.1 Å². The third-order valence-electron chi connectivity index (χ3n) is 5.59. The highest BCUT2D eigenvalue weighted by atomic mass is 16.3. The number of rotatable bonds is 6. The number of para-hydroxylation sites is 1. The zero-order valence-electron chi connectivity index (χ0n) is 17.0. The molecule has 8 heteroatoms. The summed E-state index contributed by atoms with van der Waals surface area (Å²) in [6.45, 7) is 4.35. The molecule has 4 rings (SSSR count).